The van der Waals surface area contributed by atoms with Crippen LogP contribution in [0.2, 0.25) is 0 Å². The lowest BCUT2D eigenvalue weighted by Crippen LogP contribution is -2.36. The Balaban J connectivity index is 1.37. The molecule has 0 radical (unpaired) electrons. The monoisotopic (exact) mass is 378 g/mol. The molecule has 2 aliphatic heterocycles. The van der Waals surface area contributed by atoms with E-state index in [4.69, 9.17) is 4.98 Å². The molecule has 0 aliphatic carbocycles. The molecule has 0 unspecified atom stereocenters. The van der Waals surface area contributed by atoms with Crippen molar-refractivity contribution in [1.82, 2.24) is 14.9 Å². The average molecular weight is 379 g/mol. The Kier molecular flexibility index (Phi) is 4.38. The number of aromatic nitrogens is 2. The van der Waals surface area contributed by atoms with Crippen LogP contribution in [0.15, 0.2) is 40.1 Å². The van der Waals surface area contributed by atoms with Crippen LogP contribution in [0.4, 0.5) is 0 Å². The molecule has 138 valence electrons. The van der Waals surface area contributed by atoms with E-state index in [9.17, 15) is 4.79 Å². The largest absolute Gasteiger partial charge is 0.305 e. The fourth-order valence-electron chi connectivity index (χ4n) is 3.98. The molecule has 1 N–H and O–H groups in total. The van der Waals surface area contributed by atoms with Gasteiger partial charge in [-0.2, -0.15) is 0 Å². The molecule has 6 heteroatoms. The predicted octanol–water partition coefficient (Wildman–Crippen LogP) is 3.52. The topological polar surface area (TPSA) is 61.4 Å². The summed E-state index contributed by atoms with van der Waals surface area (Å²) < 4.78 is 1.32. The zero-order valence-corrected chi connectivity index (χ0v) is 16.0. The summed E-state index contributed by atoms with van der Waals surface area (Å²) in [4.78, 5) is 28.7. The average Bonchev–Trinajstić information content (AvgIpc) is 3.11. The van der Waals surface area contributed by atoms with E-state index in [0.29, 0.717) is 12.4 Å². The van der Waals surface area contributed by atoms with Crippen molar-refractivity contribution in [2.45, 2.75) is 38.8 Å². The van der Waals surface area contributed by atoms with Crippen molar-refractivity contribution in [3.8, 4) is 0 Å². The molecule has 0 saturated carbocycles. The molecule has 2 aromatic heterocycles. The number of nitrogens with one attached hydrogen (secondary N) is 1. The second-order valence-corrected chi connectivity index (χ2v) is 8.50. The first-order valence-electron chi connectivity index (χ1n) is 9.62. The quantitative estimate of drug-likeness (QED) is 0.759. The smallest absolute Gasteiger partial charge is 0.255 e. The number of hydrogen-bond acceptors (Lipinski definition) is 5. The van der Waals surface area contributed by atoms with Gasteiger partial charge in [0.25, 0.3) is 5.56 Å². The third-order valence-electron chi connectivity index (χ3n) is 5.40. The fraction of sp³-hybridized carbons (Fsp3) is 0.381. The number of thiophene rings is 1. The van der Waals surface area contributed by atoms with Crippen LogP contribution in [0.3, 0.4) is 0 Å². The summed E-state index contributed by atoms with van der Waals surface area (Å²) in [7, 11) is 0. The van der Waals surface area contributed by atoms with Crippen LogP contribution >= 0.6 is 11.3 Å². The summed E-state index contributed by atoms with van der Waals surface area (Å²) in [6.07, 6.45) is 4.00. The molecule has 3 aromatic rings. The van der Waals surface area contributed by atoms with Gasteiger partial charge >= 0.3 is 0 Å². The first-order valence-corrected chi connectivity index (χ1v) is 10.4. The van der Waals surface area contributed by atoms with Gasteiger partial charge in [-0.3, -0.25) is 14.7 Å². The molecule has 0 saturated heterocycles. The summed E-state index contributed by atoms with van der Waals surface area (Å²) in [6, 6.07) is 10.8. The first-order chi connectivity index (χ1) is 13.3. The van der Waals surface area contributed by atoms with Gasteiger partial charge in [0.15, 0.2) is 5.82 Å². The zero-order valence-electron chi connectivity index (χ0n) is 15.2. The van der Waals surface area contributed by atoms with Crippen molar-refractivity contribution in [3.63, 3.8) is 0 Å². The van der Waals surface area contributed by atoms with Crippen molar-refractivity contribution in [3.05, 3.63) is 62.6 Å². The highest BCUT2D eigenvalue weighted by Crippen LogP contribution is 2.27. The highest BCUT2D eigenvalue weighted by molar-refractivity contribution is 7.19. The number of H-pyrrole nitrogens is 1. The number of aliphatic imine (C=N–C) groups is 1. The lowest BCUT2D eigenvalue weighted by atomic mass is 10.1. The third kappa shape index (κ3) is 3.35. The molecule has 0 atom stereocenters. The Morgan fingerprint density at radius 2 is 2.11 bits per heavy atom. The van der Waals surface area contributed by atoms with Crippen LogP contribution in [-0.2, 0) is 19.5 Å². The molecule has 4 heterocycles. The summed E-state index contributed by atoms with van der Waals surface area (Å²) in [6.45, 7) is 3.33. The Bertz CT molecular complexity index is 1050. The van der Waals surface area contributed by atoms with Crippen molar-refractivity contribution >= 4 is 27.1 Å². The highest BCUT2D eigenvalue weighted by atomic mass is 32.1. The first kappa shape index (κ1) is 16.8. The molecule has 5 nitrogen and oxygen atoms in total. The number of fused-ring (bicyclic) bond motifs is 2. The summed E-state index contributed by atoms with van der Waals surface area (Å²) >= 11 is 1.84. The van der Waals surface area contributed by atoms with E-state index >= 15 is 0 Å². The minimum Gasteiger partial charge on any atom is -0.305 e. The molecule has 2 aliphatic rings. The van der Waals surface area contributed by atoms with Crippen LogP contribution < -0.4 is 5.56 Å². The van der Waals surface area contributed by atoms with Gasteiger partial charge in [0.1, 0.15) is 0 Å². The predicted molar refractivity (Wildman–Crippen MR) is 110 cm³/mol. The van der Waals surface area contributed by atoms with Crippen LogP contribution in [0.1, 0.15) is 41.2 Å². The maximum atomic E-state index is 12.7. The van der Waals surface area contributed by atoms with Crippen molar-refractivity contribution in [1.29, 1.82) is 0 Å². The zero-order chi connectivity index (χ0) is 18.2. The van der Waals surface area contributed by atoms with Crippen LogP contribution in [0.5, 0.6) is 0 Å². The Morgan fingerprint density at radius 1 is 1.19 bits per heavy atom. The minimum absolute atomic E-state index is 0.00399. The summed E-state index contributed by atoms with van der Waals surface area (Å²) in [5, 5.41) is 1.30. The van der Waals surface area contributed by atoms with E-state index in [1.54, 1.807) is 0 Å². The number of aromatic amines is 1. The normalized spacial score (nSPS) is 17.7. The molecule has 5 rings (SSSR count). The maximum absolute atomic E-state index is 12.7. The number of nitrogens with zero attached hydrogens (tertiary/aromatic N) is 3. The number of benzene rings is 1. The van der Waals surface area contributed by atoms with Gasteiger partial charge in [-0.25, -0.2) is 4.98 Å². The van der Waals surface area contributed by atoms with Gasteiger partial charge in [0.05, 0.1) is 17.0 Å². The molecule has 0 amide bonds. The van der Waals surface area contributed by atoms with Gasteiger partial charge in [0.2, 0.25) is 0 Å². The Morgan fingerprint density at radius 3 is 2.96 bits per heavy atom. The molecule has 27 heavy (non-hydrogen) atoms. The van der Waals surface area contributed by atoms with Crippen LogP contribution in [-0.4, -0.2) is 33.7 Å². The Labute approximate surface area is 161 Å². The molecular weight excluding hydrogens is 356 g/mol. The van der Waals surface area contributed by atoms with E-state index < -0.39 is 0 Å². The van der Waals surface area contributed by atoms with E-state index in [2.05, 4.69) is 45.2 Å². The second kappa shape index (κ2) is 7.02. The van der Waals surface area contributed by atoms with Crippen molar-refractivity contribution < 1.29 is 0 Å². The van der Waals surface area contributed by atoms with Gasteiger partial charge < -0.3 is 4.98 Å². The molecule has 0 fully saturated rings. The van der Waals surface area contributed by atoms with Gasteiger partial charge in [-0.1, -0.05) is 18.2 Å². The number of hydrogen-bond donors (Lipinski definition) is 1. The van der Waals surface area contributed by atoms with E-state index in [-0.39, 0.29) is 5.56 Å². The fourth-order valence-corrected chi connectivity index (χ4v) is 5.09. The van der Waals surface area contributed by atoms with E-state index in [1.165, 1.54) is 15.0 Å². The van der Waals surface area contributed by atoms with Gasteiger partial charge in [-0.15, -0.1) is 11.3 Å². The summed E-state index contributed by atoms with van der Waals surface area (Å²) in [5.74, 6) is 0.691. The third-order valence-corrected chi connectivity index (χ3v) is 6.50. The standard InChI is InChI=1S/C21H22N4OS/c26-21-16-13-25(12-15-11-14-5-1-2-7-19(14)27-15)10-8-17(16)23-20(24-21)18-6-3-4-9-22-18/h1-2,5,7,11H,3-4,6,8-10,12-13H2,(H,23,24,26). The lowest BCUT2D eigenvalue weighted by molar-refractivity contribution is 0.244. The van der Waals surface area contributed by atoms with Gasteiger partial charge in [0, 0.05) is 42.2 Å². The minimum atomic E-state index is 0.00399. The highest BCUT2D eigenvalue weighted by Gasteiger charge is 2.23. The molecule has 0 spiro atoms. The van der Waals surface area contributed by atoms with Gasteiger partial charge in [-0.05, 0) is 36.8 Å². The Hall–Kier alpha value is -2.31. The lowest BCUT2D eigenvalue weighted by Gasteiger charge is -2.27. The number of rotatable bonds is 3. The van der Waals surface area contributed by atoms with Crippen LogP contribution in [0.25, 0.3) is 10.1 Å². The van der Waals surface area contributed by atoms with Crippen LogP contribution in [0, 0.1) is 0 Å². The van der Waals surface area contributed by atoms with E-state index in [1.807, 2.05) is 11.3 Å². The molecule has 0 bridgehead atoms. The molecule has 1 aromatic carbocycles. The molecular formula is C21H22N4OS. The van der Waals surface area contributed by atoms with Crippen molar-refractivity contribution in [2.24, 2.45) is 4.99 Å². The van der Waals surface area contributed by atoms with Crippen molar-refractivity contribution in [2.75, 3.05) is 13.1 Å². The summed E-state index contributed by atoms with van der Waals surface area (Å²) in [5.41, 5.74) is 2.75. The SMILES string of the molecule is O=c1[nH]c(C2=NCCCC2)nc2c1CN(Cc1cc3ccccc3s1)CC2. The van der Waals surface area contributed by atoms with E-state index in [0.717, 1.165) is 62.3 Å². The second-order valence-electron chi connectivity index (χ2n) is 7.34. The maximum Gasteiger partial charge on any atom is 0.255 e.